The highest BCUT2D eigenvalue weighted by Crippen LogP contribution is 2.27. The fraction of sp³-hybridized carbons (Fsp3) is 0.500. The smallest absolute Gasteiger partial charge is 0.339 e. The fourth-order valence-electron chi connectivity index (χ4n) is 2.35. The number of ether oxygens (including phenoxy) is 1. The van der Waals surface area contributed by atoms with Crippen molar-refractivity contribution in [2.45, 2.75) is 6.42 Å². The number of nitrogens with zero attached hydrogens (tertiary/aromatic N) is 3. The summed E-state index contributed by atoms with van der Waals surface area (Å²) in [5.41, 5.74) is -0.462. The van der Waals surface area contributed by atoms with E-state index >= 15 is 0 Å². The van der Waals surface area contributed by atoms with Gasteiger partial charge < -0.3 is 14.7 Å². The van der Waals surface area contributed by atoms with Crippen LogP contribution in [0.4, 0.5) is 11.5 Å². The number of anilines is 1. The van der Waals surface area contributed by atoms with Crippen molar-refractivity contribution in [2.24, 2.45) is 5.92 Å². The van der Waals surface area contributed by atoms with Crippen LogP contribution in [0.5, 0.6) is 0 Å². The van der Waals surface area contributed by atoms with Crippen LogP contribution in [0.1, 0.15) is 16.8 Å². The molecule has 1 N–H and O–H groups in total. The third-order valence-electron chi connectivity index (χ3n) is 3.28. The molecule has 1 atom stereocenters. The molecule has 1 saturated heterocycles. The average molecular weight is 281 g/mol. The predicted molar refractivity (Wildman–Crippen MR) is 70.0 cm³/mol. The van der Waals surface area contributed by atoms with Crippen molar-refractivity contribution in [3.05, 3.63) is 27.9 Å². The summed E-state index contributed by atoms with van der Waals surface area (Å²) in [5.74, 6) is -0.619. The minimum Gasteiger partial charge on any atom is -0.478 e. The summed E-state index contributed by atoms with van der Waals surface area (Å²) in [6.07, 6.45) is 1.97. The third kappa shape index (κ3) is 2.85. The van der Waals surface area contributed by atoms with Gasteiger partial charge in [0.05, 0.1) is 11.5 Å². The number of aromatic nitrogens is 1. The zero-order valence-corrected chi connectivity index (χ0v) is 11.0. The molecule has 0 radical (unpaired) electrons. The minimum atomic E-state index is -1.22. The van der Waals surface area contributed by atoms with Crippen molar-refractivity contribution >= 4 is 17.5 Å². The SMILES string of the molecule is COCC1CCN(c2ncc([N+](=O)[O-])cc2C(=O)O)C1. The van der Waals surface area contributed by atoms with Crippen LogP contribution >= 0.6 is 0 Å². The lowest BCUT2D eigenvalue weighted by Gasteiger charge is -2.19. The van der Waals surface area contributed by atoms with Gasteiger partial charge in [0.1, 0.15) is 17.6 Å². The molecule has 1 fully saturated rings. The molecule has 0 saturated carbocycles. The average Bonchev–Trinajstić information content (AvgIpc) is 2.86. The van der Waals surface area contributed by atoms with Gasteiger partial charge in [-0.1, -0.05) is 0 Å². The van der Waals surface area contributed by atoms with Crippen LogP contribution in [0, 0.1) is 16.0 Å². The number of hydrogen-bond acceptors (Lipinski definition) is 6. The number of nitro groups is 1. The summed E-state index contributed by atoms with van der Waals surface area (Å²) in [6.45, 7) is 1.91. The molecule has 0 spiro atoms. The zero-order chi connectivity index (χ0) is 14.7. The molecule has 1 unspecified atom stereocenters. The van der Waals surface area contributed by atoms with Gasteiger partial charge in [-0.3, -0.25) is 10.1 Å². The Labute approximate surface area is 115 Å². The Morgan fingerprint density at radius 2 is 2.45 bits per heavy atom. The van der Waals surface area contributed by atoms with Crippen molar-refractivity contribution in [3.8, 4) is 0 Å². The Hall–Kier alpha value is -2.22. The number of rotatable bonds is 5. The van der Waals surface area contributed by atoms with Gasteiger partial charge in [-0.15, -0.1) is 0 Å². The maximum absolute atomic E-state index is 11.2. The van der Waals surface area contributed by atoms with E-state index in [9.17, 15) is 20.0 Å². The molecule has 20 heavy (non-hydrogen) atoms. The van der Waals surface area contributed by atoms with Crippen LogP contribution in [-0.4, -0.2) is 47.8 Å². The topological polar surface area (TPSA) is 106 Å². The first-order valence-electron chi connectivity index (χ1n) is 6.14. The van der Waals surface area contributed by atoms with Crippen molar-refractivity contribution in [1.29, 1.82) is 0 Å². The summed E-state index contributed by atoms with van der Waals surface area (Å²) < 4.78 is 5.09. The van der Waals surface area contributed by atoms with E-state index in [-0.39, 0.29) is 17.1 Å². The fourth-order valence-corrected chi connectivity index (χ4v) is 2.35. The molecule has 8 nitrogen and oxygen atoms in total. The third-order valence-corrected chi connectivity index (χ3v) is 3.28. The Bertz CT molecular complexity index is 534. The van der Waals surface area contributed by atoms with E-state index < -0.39 is 10.9 Å². The number of carboxylic acid groups (broad SMARTS) is 1. The molecule has 0 amide bonds. The first-order chi connectivity index (χ1) is 9.52. The number of carboxylic acids is 1. The van der Waals surface area contributed by atoms with E-state index in [1.165, 1.54) is 0 Å². The van der Waals surface area contributed by atoms with E-state index in [2.05, 4.69) is 4.98 Å². The van der Waals surface area contributed by atoms with Gasteiger partial charge in [0.15, 0.2) is 0 Å². The molecule has 1 aliphatic heterocycles. The molecule has 0 aliphatic carbocycles. The van der Waals surface area contributed by atoms with Crippen molar-refractivity contribution in [1.82, 2.24) is 4.98 Å². The van der Waals surface area contributed by atoms with E-state index in [0.717, 1.165) is 18.7 Å². The maximum atomic E-state index is 11.2. The highest BCUT2D eigenvalue weighted by molar-refractivity contribution is 5.94. The first kappa shape index (κ1) is 14.2. The summed E-state index contributed by atoms with van der Waals surface area (Å²) in [6, 6.07) is 1.05. The van der Waals surface area contributed by atoms with E-state index in [4.69, 9.17) is 4.74 Å². The standard InChI is InChI=1S/C12H15N3O5/c1-20-7-8-2-3-14(6-8)11-10(12(16)17)4-9(5-13-11)15(18)19/h4-5,8H,2-3,6-7H2,1H3,(H,16,17). The zero-order valence-electron chi connectivity index (χ0n) is 11.0. The maximum Gasteiger partial charge on any atom is 0.339 e. The molecular weight excluding hydrogens is 266 g/mol. The van der Waals surface area contributed by atoms with Crippen molar-refractivity contribution in [2.75, 3.05) is 31.7 Å². The van der Waals surface area contributed by atoms with Crippen LogP contribution < -0.4 is 4.90 Å². The first-order valence-corrected chi connectivity index (χ1v) is 6.14. The van der Waals surface area contributed by atoms with Crippen LogP contribution in [0.25, 0.3) is 0 Å². The molecule has 1 aromatic rings. The summed E-state index contributed by atoms with van der Waals surface area (Å²) in [4.78, 5) is 27.1. The number of carbonyl (C=O) groups is 1. The molecule has 2 heterocycles. The highest BCUT2D eigenvalue weighted by atomic mass is 16.6. The second kappa shape index (κ2) is 5.83. The van der Waals surface area contributed by atoms with Crippen LogP contribution in [0.3, 0.4) is 0 Å². The molecule has 1 aliphatic rings. The molecule has 0 aromatic carbocycles. The molecule has 2 rings (SSSR count). The summed E-state index contributed by atoms with van der Waals surface area (Å²) >= 11 is 0. The lowest BCUT2D eigenvalue weighted by molar-refractivity contribution is -0.385. The van der Waals surface area contributed by atoms with Crippen LogP contribution in [0.2, 0.25) is 0 Å². The van der Waals surface area contributed by atoms with Gasteiger partial charge in [-0.2, -0.15) is 0 Å². The Morgan fingerprint density at radius 1 is 1.70 bits per heavy atom. The Kier molecular flexibility index (Phi) is 4.14. The summed E-state index contributed by atoms with van der Waals surface area (Å²) in [5, 5.41) is 19.9. The lowest BCUT2D eigenvalue weighted by Crippen LogP contribution is -2.24. The number of hydrogen-bond donors (Lipinski definition) is 1. The highest BCUT2D eigenvalue weighted by Gasteiger charge is 2.28. The van der Waals surface area contributed by atoms with Crippen molar-refractivity contribution in [3.63, 3.8) is 0 Å². The Morgan fingerprint density at radius 3 is 3.05 bits per heavy atom. The van der Waals surface area contributed by atoms with Gasteiger partial charge in [0.25, 0.3) is 5.69 Å². The number of pyridine rings is 1. The minimum absolute atomic E-state index is 0.141. The molecule has 0 bridgehead atoms. The van der Waals surface area contributed by atoms with Crippen molar-refractivity contribution < 1.29 is 19.6 Å². The van der Waals surface area contributed by atoms with Gasteiger partial charge in [0.2, 0.25) is 0 Å². The molecule has 8 heteroatoms. The van der Waals surface area contributed by atoms with E-state index in [0.29, 0.717) is 25.6 Å². The molecular formula is C12H15N3O5. The van der Waals surface area contributed by atoms with Gasteiger partial charge >= 0.3 is 5.97 Å². The van der Waals surface area contributed by atoms with Gasteiger partial charge in [-0.25, -0.2) is 9.78 Å². The molecule has 1 aromatic heterocycles. The second-order valence-electron chi connectivity index (χ2n) is 4.68. The second-order valence-corrected chi connectivity index (χ2v) is 4.68. The van der Waals surface area contributed by atoms with E-state index in [1.807, 2.05) is 4.90 Å². The number of aromatic carboxylic acids is 1. The van der Waals surface area contributed by atoms with E-state index in [1.54, 1.807) is 7.11 Å². The number of methoxy groups -OCH3 is 1. The monoisotopic (exact) mass is 281 g/mol. The van der Waals surface area contributed by atoms with Gasteiger partial charge in [-0.05, 0) is 6.42 Å². The Balaban J connectivity index is 2.28. The lowest BCUT2D eigenvalue weighted by atomic mass is 10.1. The van der Waals surface area contributed by atoms with Gasteiger partial charge in [0, 0.05) is 32.2 Å². The largest absolute Gasteiger partial charge is 0.478 e. The normalized spacial score (nSPS) is 18.2. The quantitative estimate of drug-likeness (QED) is 0.637. The van der Waals surface area contributed by atoms with Crippen LogP contribution in [0.15, 0.2) is 12.3 Å². The summed E-state index contributed by atoms with van der Waals surface area (Å²) in [7, 11) is 1.62. The molecule has 108 valence electrons. The predicted octanol–water partition coefficient (Wildman–Crippen LogP) is 1.16. The van der Waals surface area contributed by atoms with Crippen LogP contribution in [-0.2, 0) is 4.74 Å².